The molecule has 43 heavy (non-hydrogen) atoms. The number of aromatic amines is 1. The fraction of sp³-hybridized carbons (Fsp3) is 0.375. The van der Waals surface area contributed by atoms with Crippen LogP contribution in [0.25, 0.3) is 11.1 Å². The molecule has 0 saturated carbocycles. The Balaban J connectivity index is 1.64. The van der Waals surface area contributed by atoms with Crippen LogP contribution in [0, 0.1) is 5.92 Å². The van der Waals surface area contributed by atoms with Crippen molar-refractivity contribution >= 4 is 11.1 Å². The molecule has 0 amide bonds. The van der Waals surface area contributed by atoms with Crippen LogP contribution in [0.1, 0.15) is 90.3 Å². The number of nitrogens with zero attached hydrogens (tertiary/aromatic N) is 1. The minimum absolute atomic E-state index is 0.620. The van der Waals surface area contributed by atoms with Gasteiger partial charge in [0.25, 0.3) is 0 Å². The van der Waals surface area contributed by atoms with Gasteiger partial charge in [-0.05, 0) is 106 Å². The van der Waals surface area contributed by atoms with Gasteiger partial charge in [-0.1, -0.05) is 110 Å². The molecule has 0 radical (unpaired) electrons. The van der Waals surface area contributed by atoms with Crippen LogP contribution in [0.3, 0.4) is 0 Å². The Morgan fingerprint density at radius 1 is 1.14 bits per heavy atom. The highest BCUT2D eigenvalue weighted by molar-refractivity contribution is 5.83. The van der Waals surface area contributed by atoms with Crippen LogP contribution in [0.2, 0.25) is 0 Å². The third-order valence-corrected chi connectivity index (χ3v) is 8.08. The van der Waals surface area contributed by atoms with Crippen LogP contribution in [0.5, 0.6) is 0 Å². The molecule has 0 aliphatic heterocycles. The molecular weight excluding hydrogens is 524 g/mol. The zero-order valence-electron chi connectivity index (χ0n) is 27.1. The predicted molar refractivity (Wildman–Crippen MR) is 188 cm³/mol. The molecule has 1 heterocycles. The van der Waals surface area contributed by atoms with Crippen LogP contribution in [0.15, 0.2) is 126 Å². The van der Waals surface area contributed by atoms with Gasteiger partial charge in [-0.15, -0.1) is 0 Å². The Hall–Kier alpha value is -3.69. The first kappa shape index (κ1) is 33.8. The maximum absolute atomic E-state index is 5.66. The summed E-state index contributed by atoms with van der Waals surface area (Å²) in [6.07, 6.45) is 34.6. The van der Waals surface area contributed by atoms with E-state index in [4.69, 9.17) is 4.74 Å². The molecule has 1 N–H and O–H groups in total. The molecule has 1 aromatic rings. The Morgan fingerprint density at radius 2 is 1.98 bits per heavy atom. The van der Waals surface area contributed by atoms with E-state index >= 15 is 0 Å². The molecule has 1 atom stereocenters. The van der Waals surface area contributed by atoms with Crippen LogP contribution in [-0.4, -0.2) is 23.4 Å². The van der Waals surface area contributed by atoms with Crippen molar-refractivity contribution < 1.29 is 4.74 Å². The maximum atomic E-state index is 5.66. The maximum Gasteiger partial charge on any atom is 0.0685 e. The van der Waals surface area contributed by atoms with Gasteiger partial charge in [0.15, 0.2) is 0 Å². The van der Waals surface area contributed by atoms with Crippen molar-refractivity contribution in [3.05, 3.63) is 137 Å². The summed E-state index contributed by atoms with van der Waals surface area (Å²) in [5.41, 5.74) is 11.7. The van der Waals surface area contributed by atoms with Gasteiger partial charge in [-0.25, -0.2) is 0 Å². The van der Waals surface area contributed by atoms with Gasteiger partial charge in [0.1, 0.15) is 0 Å². The number of H-pyrrole nitrogens is 1. The fourth-order valence-electron chi connectivity index (χ4n) is 5.48. The lowest BCUT2D eigenvalue weighted by Crippen LogP contribution is -2.04. The molecule has 2 aliphatic rings. The number of hydrogen-bond acceptors (Lipinski definition) is 2. The zero-order chi connectivity index (χ0) is 31.0. The first-order valence-corrected chi connectivity index (χ1v) is 15.9. The minimum Gasteiger partial charge on any atom is -0.381 e. The Morgan fingerprint density at radius 3 is 2.74 bits per heavy atom. The van der Waals surface area contributed by atoms with Crippen molar-refractivity contribution in [3.63, 3.8) is 0 Å². The summed E-state index contributed by atoms with van der Waals surface area (Å²) in [4.78, 5) is 0. The number of hydrogen-bond donors (Lipinski definition) is 1. The minimum atomic E-state index is 0.620. The fourth-order valence-corrected chi connectivity index (χ4v) is 5.48. The third-order valence-electron chi connectivity index (χ3n) is 8.08. The second kappa shape index (κ2) is 18.1. The molecule has 228 valence electrons. The summed E-state index contributed by atoms with van der Waals surface area (Å²) in [6.45, 7) is 22.9. The Kier molecular flexibility index (Phi) is 14.2. The average Bonchev–Trinajstić information content (AvgIpc) is 3.35. The number of aromatic nitrogens is 2. The number of ether oxygens (including phenoxy) is 1. The number of nitrogens with one attached hydrogen (secondary N) is 1. The van der Waals surface area contributed by atoms with E-state index in [1.807, 2.05) is 25.3 Å². The van der Waals surface area contributed by atoms with E-state index in [0.29, 0.717) is 5.92 Å². The molecule has 0 spiro atoms. The van der Waals surface area contributed by atoms with Gasteiger partial charge < -0.3 is 4.74 Å². The Bertz CT molecular complexity index is 1380. The molecule has 0 fully saturated rings. The van der Waals surface area contributed by atoms with Gasteiger partial charge in [-0.3, -0.25) is 5.10 Å². The molecule has 3 heteroatoms. The van der Waals surface area contributed by atoms with Crippen molar-refractivity contribution in [1.29, 1.82) is 0 Å². The van der Waals surface area contributed by atoms with Crippen LogP contribution < -0.4 is 0 Å². The first-order valence-electron chi connectivity index (χ1n) is 15.9. The topological polar surface area (TPSA) is 37.9 Å². The molecule has 1 unspecified atom stereocenters. The quantitative estimate of drug-likeness (QED) is 0.136. The van der Waals surface area contributed by atoms with Crippen molar-refractivity contribution in [2.75, 3.05) is 13.2 Å². The summed E-state index contributed by atoms with van der Waals surface area (Å²) in [5, 5.41) is 7.50. The molecule has 1 aromatic heterocycles. The monoisotopic (exact) mass is 576 g/mol. The largest absolute Gasteiger partial charge is 0.381 e. The van der Waals surface area contributed by atoms with Crippen LogP contribution in [-0.2, 0) is 4.74 Å². The lowest BCUT2D eigenvalue weighted by Gasteiger charge is -2.18. The van der Waals surface area contributed by atoms with E-state index in [1.165, 1.54) is 24.0 Å². The standard InChI is InChI=1S/C40H52N2O/c1-8-25-43-26-13-16-31(5)36-18-11-17-35(22-24-36)27-34(9-2)28-38-20-12-19-37(23-21-32(38)6)39-29-41-42-40(39)33(7)15-10-14-30(3)4/h9-10,12,14-15,17,19-21,23,28-29,36H,3,5-6,8,11,13,16,18,22,24-27H2,1-2,4,7H3,(H,41,42)/b14-10-,20-12+,23-21?,33-15+,34-9-,37-19?,38-28-. The summed E-state index contributed by atoms with van der Waals surface area (Å²) in [6, 6.07) is 0. The molecule has 0 aromatic carbocycles. The van der Waals surface area contributed by atoms with Gasteiger partial charge >= 0.3 is 0 Å². The first-order chi connectivity index (χ1) is 20.8. The predicted octanol–water partition coefficient (Wildman–Crippen LogP) is 11.2. The van der Waals surface area contributed by atoms with Crippen LogP contribution in [0.4, 0.5) is 0 Å². The molecular formula is C40H52N2O. The van der Waals surface area contributed by atoms with Gasteiger partial charge in [0.05, 0.1) is 11.9 Å². The van der Waals surface area contributed by atoms with Crippen molar-refractivity contribution in [2.24, 2.45) is 5.92 Å². The molecule has 3 rings (SSSR count). The van der Waals surface area contributed by atoms with Gasteiger partial charge in [0, 0.05) is 18.8 Å². The Labute approximate surface area is 261 Å². The highest BCUT2D eigenvalue weighted by atomic mass is 16.5. The van der Waals surface area contributed by atoms with Crippen molar-refractivity contribution in [1.82, 2.24) is 10.2 Å². The van der Waals surface area contributed by atoms with E-state index in [0.717, 1.165) is 90.9 Å². The smallest absolute Gasteiger partial charge is 0.0685 e. The molecule has 0 bridgehead atoms. The normalized spacial score (nSPS) is 20.0. The SMILES string of the molecule is C=C(C)/C=C\C=C(/C)c1[nH]ncc1C1=C/C=C/C(=C/C(=C\C)CC2=CCCC(C(=C)CCCOCCC)CC2)C(=C)C=C1. The molecule has 0 saturated heterocycles. The summed E-state index contributed by atoms with van der Waals surface area (Å²) in [7, 11) is 0. The molecule has 3 nitrogen and oxygen atoms in total. The second-order valence-electron chi connectivity index (χ2n) is 11.7. The van der Waals surface area contributed by atoms with E-state index in [-0.39, 0.29) is 0 Å². The number of rotatable bonds is 14. The van der Waals surface area contributed by atoms with Crippen LogP contribution >= 0.6 is 0 Å². The van der Waals surface area contributed by atoms with Gasteiger partial charge in [-0.2, -0.15) is 5.10 Å². The summed E-state index contributed by atoms with van der Waals surface area (Å²) < 4.78 is 5.66. The van der Waals surface area contributed by atoms with E-state index in [2.05, 4.69) is 105 Å². The highest BCUT2D eigenvalue weighted by Crippen LogP contribution is 2.33. The second-order valence-corrected chi connectivity index (χ2v) is 11.7. The van der Waals surface area contributed by atoms with E-state index < -0.39 is 0 Å². The van der Waals surface area contributed by atoms with E-state index in [9.17, 15) is 0 Å². The summed E-state index contributed by atoms with van der Waals surface area (Å²) >= 11 is 0. The third kappa shape index (κ3) is 11.1. The van der Waals surface area contributed by atoms with E-state index in [1.54, 1.807) is 5.57 Å². The summed E-state index contributed by atoms with van der Waals surface area (Å²) in [5.74, 6) is 0.620. The zero-order valence-corrected chi connectivity index (χ0v) is 27.1. The lowest BCUT2D eigenvalue weighted by molar-refractivity contribution is 0.132. The van der Waals surface area contributed by atoms with Gasteiger partial charge in [0.2, 0.25) is 0 Å². The number of allylic oxidation sites excluding steroid dienone is 19. The lowest BCUT2D eigenvalue weighted by atomic mass is 9.88. The van der Waals surface area contributed by atoms with Crippen molar-refractivity contribution in [3.8, 4) is 0 Å². The van der Waals surface area contributed by atoms with Crippen molar-refractivity contribution in [2.45, 2.75) is 79.1 Å². The molecule has 2 aliphatic carbocycles. The highest BCUT2D eigenvalue weighted by Gasteiger charge is 2.17. The average molecular weight is 577 g/mol.